The molecule has 6 heteroatoms. The van der Waals surface area contributed by atoms with Gasteiger partial charge >= 0.3 is 12.0 Å². The number of methoxy groups -OCH3 is 2. The Kier molecular flexibility index (Phi) is 3.71. The molecule has 0 aliphatic carbocycles. The second-order valence-corrected chi connectivity index (χ2v) is 2.90. The van der Waals surface area contributed by atoms with Crippen molar-refractivity contribution in [1.82, 2.24) is 0 Å². The molecule has 0 aliphatic heterocycles. The van der Waals surface area contributed by atoms with Crippen LogP contribution in [0.15, 0.2) is 18.2 Å². The van der Waals surface area contributed by atoms with E-state index in [0.717, 1.165) is 0 Å². The van der Waals surface area contributed by atoms with E-state index in [2.05, 4.69) is 10.1 Å². The van der Waals surface area contributed by atoms with E-state index in [1.807, 2.05) is 0 Å². The molecule has 0 aliphatic rings. The van der Waals surface area contributed by atoms with Crippen molar-refractivity contribution in [2.45, 2.75) is 0 Å². The molecule has 0 saturated heterocycles. The van der Waals surface area contributed by atoms with E-state index < -0.39 is 12.0 Å². The molecule has 1 aromatic rings. The highest BCUT2D eigenvalue weighted by Crippen LogP contribution is 2.23. The maximum absolute atomic E-state index is 11.3. The van der Waals surface area contributed by atoms with Crippen LogP contribution in [0.5, 0.6) is 5.75 Å². The van der Waals surface area contributed by atoms with Crippen LogP contribution in [0.3, 0.4) is 0 Å². The van der Waals surface area contributed by atoms with Crippen LogP contribution in [0.4, 0.5) is 10.5 Å². The Morgan fingerprint density at radius 2 is 2.00 bits per heavy atom. The summed E-state index contributed by atoms with van der Waals surface area (Å²) in [5.74, 6) is -0.208. The first-order chi connectivity index (χ1) is 7.58. The van der Waals surface area contributed by atoms with Gasteiger partial charge in [-0.1, -0.05) is 0 Å². The summed E-state index contributed by atoms with van der Waals surface area (Å²) in [6.45, 7) is 0. The van der Waals surface area contributed by atoms with E-state index in [4.69, 9.17) is 10.5 Å². The zero-order chi connectivity index (χ0) is 12.1. The van der Waals surface area contributed by atoms with Gasteiger partial charge in [0.15, 0.2) is 0 Å². The van der Waals surface area contributed by atoms with Gasteiger partial charge in [0.25, 0.3) is 0 Å². The van der Waals surface area contributed by atoms with E-state index in [9.17, 15) is 9.59 Å². The SMILES string of the molecule is COC(=O)c1ccc(NC(N)=O)cc1OC. The molecule has 0 unspecified atom stereocenters. The van der Waals surface area contributed by atoms with Gasteiger partial charge < -0.3 is 20.5 Å². The van der Waals surface area contributed by atoms with Crippen LogP contribution in [0.1, 0.15) is 10.4 Å². The van der Waals surface area contributed by atoms with Gasteiger partial charge in [0.1, 0.15) is 11.3 Å². The molecule has 16 heavy (non-hydrogen) atoms. The molecule has 0 spiro atoms. The number of rotatable bonds is 3. The molecule has 2 amide bonds. The van der Waals surface area contributed by atoms with E-state index in [1.54, 1.807) is 0 Å². The lowest BCUT2D eigenvalue weighted by atomic mass is 10.2. The first kappa shape index (κ1) is 11.8. The summed E-state index contributed by atoms with van der Waals surface area (Å²) < 4.78 is 9.57. The molecule has 6 nitrogen and oxygen atoms in total. The summed E-state index contributed by atoms with van der Waals surface area (Å²) in [4.78, 5) is 21.9. The molecule has 1 rings (SSSR count). The van der Waals surface area contributed by atoms with Crippen molar-refractivity contribution in [2.75, 3.05) is 19.5 Å². The Labute approximate surface area is 92.3 Å². The van der Waals surface area contributed by atoms with Crippen molar-refractivity contribution in [3.63, 3.8) is 0 Å². The van der Waals surface area contributed by atoms with Gasteiger partial charge in [-0.15, -0.1) is 0 Å². The zero-order valence-corrected chi connectivity index (χ0v) is 8.94. The molecular weight excluding hydrogens is 212 g/mol. The van der Waals surface area contributed by atoms with Gasteiger partial charge in [0, 0.05) is 11.8 Å². The Hall–Kier alpha value is -2.24. The summed E-state index contributed by atoms with van der Waals surface area (Å²) in [7, 11) is 2.69. The first-order valence-electron chi connectivity index (χ1n) is 4.41. The largest absolute Gasteiger partial charge is 0.496 e. The zero-order valence-electron chi connectivity index (χ0n) is 8.94. The fourth-order valence-electron chi connectivity index (χ4n) is 1.19. The van der Waals surface area contributed by atoms with Crippen LogP contribution >= 0.6 is 0 Å². The number of primary amides is 1. The predicted octanol–water partition coefficient (Wildman–Crippen LogP) is 0.972. The van der Waals surface area contributed by atoms with Gasteiger partial charge in [0.05, 0.1) is 14.2 Å². The highest BCUT2D eigenvalue weighted by Gasteiger charge is 2.13. The van der Waals surface area contributed by atoms with E-state index in [1.165, 1.54) is 32.4 Å². The number of amides is 2. The molecular formula is C10H12N2O4. The van der Waals surface area contributed by atoms with Crippen molar-refractivity contribution >= 4 is 17.7 Å². The third kappa shape index (κ3) is 2.63. The number of nitrogens with one attached hydrogen (secondary N) is 1. The molecule has 0 atom stereocenters. The fraction of sp³-hybridized carbons (Fsp3) is 0.200. The van der Waals surface area contributed by atoms with Crippen molar-refractivity contribution in [3.05, 3.63) is 23.8 Å². The average molecular weight is 224 g/mol. The van der Waals surface area contributed by atoms with Gasteiger partial charge in [-0.2, -0.15) is 0 Å². The van der Waals surface area contributed by atoms with E-state index >= 15 is 0 Å². The number of urea groups is 1. The van der Waals surface area contributed by atoms with Crippen LogP contribution < -0.4 is 15.8 Å². The number of anilines is 1. The predicted molar refractivity (Wildman–Crippen MR) is 57.5 cm³/mol. The van der Waals surface area contributed by atoms with E-state index in [-0.39, 0.29) is 5.56 Å². The number of benzene rings is 1. The highest BCUT2D eigenvalue weighted by molar-refractivity contribution is 5.94. The summed E-state index contributed by atoms with van der Waals surface area (Å²) >= 11 is 0. The number of nitrogens with two attached hydrogens (primary N) is 1. The molecule has 3 N–H and O–H groups in total. The fourth-order valence-corrected chi connectivity index (χ4v) is 1.19. The molecule has 1 aromatic carbocycles. The highest BCUT2D eigenvalue weighted by atomic mass is 16.5. The Balaban J connectivity index is 3.06. The Bertz CT molecular complexity index is 417. The van der Waals surface area contributed by atoms with Crippen LogP contribution in [0.2, 0.25) is 0 Å². The number of esters is 1. The monoisotopic (exact) mass is 224 g/mol. The number of hydrogen-bond acceptors (Lipinski definition) is 4. The minimum Gasteiger partial charge on any atom is -0.496 e. The second-order valence-electron chi connectivity index (χ2n) is 2.90. The number of carbonyl (C=O) groups excluding carboxylic acids is 2. The Morgan fingerprint density at radius 1 is 1.31 bits per heavy atom. The smallest absolute Gasteiger partial charge is 0.341 e. The average Bonchev–Trinajstić information content (AvgIpc) is 2.27. The van der Waals surface area contributed by atoms with Crippen molar-refractivity contribution in [1.29, 1.82) is 0 Å². The van der Waals surface area contributed by atoms with Crippen LogP contribution in [0.25, 0.3) is 0 Å². The minimum atomic E-state index is -0.687. The second kappa shape index (κ2) is 5.01. The summed E-state index contributed by atoms with van der Waals surface area (Å²) in [5.41, 5.74) is 5.68. The van der Waals surface area contributed by atoms with Crippen LogP contribution in [0, 0.1) is 0 Å². The van der Waals surface area contributed by atoms with Gasteiger partial charge in [-0.05, 0) is 12.1 Å². The lowest BCUT2D eigenvalue weighted by Gasteiger charge is -2.09. The van der Waals surface area contributed by atoms with Crippen molar-refractivity contribution in [3.8, 4) is 5.75 Å². The molecule has 0 heterocycles. The summed E-state index contributed by atoms with van der Waals surface area (Å²) in [5, 5.41) is 2.37. The topological polar surface area (TPSA) is 90.6 Å². The van der Waals surface area contributed by atoms with Crippen LogP contribution in [-0.4, -0.2) is 26.2 Å². The third-order valence-corrected chi connectivity index (χ3v) is 1.87. The lowest BCUT2D eigenvalue weighted by molar-refractivity contribution is 0.0597. The summed E-state index contributed by atoms with van der Waals surface area (Å²) in [6, 6.07) is 3.81. The van der Waals surface area contributed by atoms with Gasteiger partial charge in [0.2, 0.25) is 0 Å². The van der Waals surface area contributed by atoms with Crippen molar-refractivity contribution < 1.29 is 19.1 Å². The number of carbonyl (C=O) groups is 2. The molecule has 0 saturated carbocycles. The maximum Gasteiger partial charge on any atom is 0.341 e. The lowest BCUT2D eigenvalue weighted by Crippen LogP contribution is -2.19. The molecule has 86 valence electrons. The molecule has 0 fully saturated rings. The van der Waals surface area contributed by atoms with Crippen molar-refractivity contribution in [2.24, 2.45) is 5.73 Å². The Morgan fingerprint density at radius 3 is 2.50 bits per heavy atom. The van der Waals surface area contributed by atoms with Crippen LogP contribution in [-0.2, 0) is 4.74 Å². The number of ether oxygens (including phenoxy) is 2. The molecule has 0 radical (unpaired) electrons. The molecule has 0 aromatic heterocycles. The first-order valence-corrected chi connectivity index (χ1v) is 4.41. The van der Waals surface area contributed by atoms with Gasteiger partial charge in [-0.25, -0.2) is 9.59 Å². The standard InChI is InChI=1S/C10H12N2O4/c1-15-8-5-6(12-10(11)14)3-4-7(8)9(13)16-2/h3-5H,1-2H3,(H3,11,12,14). The third-order valence-electron chi connectivity index (χ3n) is 1.87. The quantitative estimate of drug-likeness (QED) is 0.748. The molecule has 0 bridgehead atoms. The van der Waals surface area contributed by atoms with Gasteiger partial charge in [-0.3, -0.25) is 0 Å². The number of hydrogen-bond donors (Lipinski definition) is 2. The normalized spacial score (nSPS) is 9.38. The van der Waals surface area contributed by atoms with E-state index in [0.29, 0.717) is 11.4 Å². The maximum atomic E-state index is 11.3. The minimum absolute atomic E-state index is 0.278. The summed E-state index contributed by atoms with van der Waals surface area (Å²) in [6.07, 6.45) is 0.